The van der Waals surface area contributed by atoms with Crippen molar-refractivity contribution in [2.75, 3.05) is 14.1 Å². The molecule has 0 fully saturated rings. The van der Waals surface area contributed by atoms with Crippen LogP contribution in [0.15, 0.2) is 12.2 Å². The lowest BCUT2D eigenvalue weighted by Gasteiger charge is -2.24. The zero-order valence-corrected chi connectivity index (χ0v) is 21.0. The minimum Gasteiger partial charge on any atom is -0.306 e. The van der Waals surface area contributed by atoms with Gasteiger partial charge in [-0.15, -0.1) is 0 Å². The molecule has 0 aliphatic carbocycles. The van der Waals surface area contributed by atoms with Crippen molar-refractivity contribution in [1.29, 1.82) is 0 Å². The van der Waals surface area contributed by atoms with E-state index in [9.17, 15) is 0 Å². The fraction of sp³-hybridized carbons (Fsp3) is 0.929. The highest BCUT2D eigenvalue weighted by molar-refractivity contribution is 4.81. The molecule has 0 aromatic rings. The van der Waals surface area contributed by atoms with Crippen LogP contribution < -0.4 is 0 Å². The molecule has 29 heavy (non-hydrogen) atoms. The fourth-order valence-corrected chi connectivity index (χ4v) is 4.27. The first-order valence-electron chi connectivity index (χ1n) is 13.5. The number of allylic oxidation sites excluding steroid dienone is 2. The Bertz CT molecular complexity index is 320. The molecule has 0 N–H and O–H groups in total. The molecule has 0 aromatic heterocycles. The normalized spacial score (nSPS) is 13.0. The Morgan fingerprint density at radius 2 is 0.828 bits per heavy atom. The van der Waals surface area contributed by atoms with Crippen LogP contribution in [0, 0.1) is 0 Å². The van der Waals surface area contributed by atoms with Crippen molar-refractivity contribution in [3.05, 3.63) is 12.2 Å². The van der Waals surface area contributed by atoms with E-state index in [1.807, 2.05) is 0 Å². The molecule has 0 radical (unpaired) electrons. The molecule has 0 saturated carbocycles. The molecule has 0 aliphatic heterocycles. The molecule has 0 heterocycles. The van der Waals surface area contributed by atoms with Crippen molar-refractivity contribution >= 4 is 0 Å². The van der Waals surface area contributed by atoms with Crippen molar-refractivity contribution in [3.8, 4) is 0 Å². The molecule has 1 atom stereocenters. The van der Waals surface area contributed by atoms with E-state index in [1.54, 1.807) is 0 Å². The topological polar surface area (TPSA) is 3.24 Å². The monoisotopic (exact) mass is 407 g/mol. The lowest BCUT2D eigenvalue weighted by atomic mass is 9.99. The van der Waals surface area contributed by atoms with Gasteiger partial charge in [0.15, 0.2) is 0 Å². The molecule has 0 amide bonds. The van der Waals surface area contributed by atoms with E-state index in [-0.39, 0.29) is 0 Å². The summed E-state index contributed by atoms with van der Waals surface area (Å²) in [6.07, 6.45) is 34.4. The zero-order chi connectivity index (χ0) is 21.4. The lowest BCUT2D eigenvalue weighted by Crippen LogP contribution is -2.27. The predicted molar refractivity (Wildman–Crippen MR) is 135 cm³/mol. The first-order valence-corrected chi connectivity index (χ1v) is 13.5. The third kappa shape index (κ3) is 22.2. The molecular weight excluding hydrogens is 350 g/mol. The summed E-state index contributed by atoms with van der Waals surface area (Å²) in [7, 11) is 4.55. The third-order valence-electron chi connectivity index (χ3n) is 6.42. The molecule has 1 unspecified atom stereocenters. The van der Waals surface area contributed by atoms with Gasteiger partial charge in [0.05, 0.1) is 0 Å². The van der Waals surface area contributed by atoms with E-state index in [1.165, 1.54) is 135 Å². The smallest absolute Gasteiger partial charge is 0.00891 e. The average Bonchev–Trinajstić information content (AvgIpc) is 2.71. The minimum atomic E-state index is 0.811. The van der Waals surface area contributed by atoms with Gasteiger partial charge in [0, 0.05) is 6.04 Å². The summed E-state index contributed by atoms with van der Waals surface area (Å²) < 4.78 is 0. The Morgan fingerprint density at radius 3 is 1.21 bits per heavy atom. The minimum absolute atomic E-state index is 0.811. The largest absolute Gasteiger partial charge is 0.306 e. The molecule has 0 bridgehead atoms. The Hall–Kier alpha value is -0.300. The van der Waals surface area contributed by atoms with Crippen molar-refractivity contribution < 1.29 is 0 Å². The van der Waals surface area contributed by atoms with Crippen molar-refractivity contribution in [2.24, 2.45) is 0 Å². The maximum atomic E-state index is 2.47. The Balaban J connectivity index is 3.44. The van der Waals surface area contributed by atoms with Gasteiger partial charge in [0.2, 0.25) is 0 Å². The average molecular weight is 408 g/mol. The van der Waals surface area contributed by atoms with Gasteiger partial charge >= 0.3 is 0 Å². The number of unbranched alkanes of at least 4 members (excludes halogenated alkanes) is 16. The molecule has 0 rings (SSSR count). The number of hydrogen-bond acceptors (Lipinski definition) is 1. The van der Waals surface area contributed by atoms with Gasteiger partial charge in [-0.2, -0.15) is 0 Å². The Morgan fingerprint density at radius 1 is 0.483 bits per heavy atom. The maximum Gasteiger partial charge on any atom is 0.00891 e. The summed E-state index contributed by atoms with van der Waals surface area (Å²) in [6.45, 7) is 4.59. The summed E-state index contributed by atoms with van der Waals surface area (Å²) in [5.41, 5.74) is 0. The Kier molecular flexibility index (Phi) is 23.7. The van der Waals surface area contributed by atoms with Crippen LogP contribution in [0.25, 0.3) is 0 Å². The van der Waals surface area contributed by atoms with Gasteiger partial charge in [0.1, 0.15) is 0 Å². The second-order valence-corrected chi connectivity index (χ2v) is 9.55. The number of nitrogens with zero attached hydrogens (tertiary/aromatic N) is 1. The molecule has 1 nitrogen and oxygen atoms in total. The van der Waals surface area contributed by atoms with Gasteiger partial charge in [-0.1, -0.05) is 122 Å². The zero-order valence-electron chi connectivity index (χ0n) is 21.0. The van der Waals surface area contributed by atoms with Crippen LogP contribution in [0.2, 0.25) is 0 Å². The fourth-order valence-electron chi connectivity index (χ4n) is 4.27. The second-order valence-electron chi connectivity index (χ2n) is 9.55. The van der Waals surface area contributed by atoms with E-state index in [4.69, 9.17) is 0 Å². The van der Waals surface area contributed by atoms with Crippen molar-refractivity contribution in [3.63, 3.8) is 0 Å². The van der Waals surface area contributed by atoms with Crippen LogP contribution in [-0.4, -0.2) is 25.0 Å². The molecule has 174 valence electrons. The van der Waals surface area contributed by atoms with Crippen LogP contribution in [0.4, 0.5) is 0 Å². The van der Waals surface area contributed by atoms with Crippen LogP contribution in [0.1, 0.15) is 149 Å². The van der Waals surface area contributed by atoms with E-state index in [0.717, 1.165) is 6.04 Å². The second kappa shape index (κ2) is 24.0. The molecule has 0 spiro atoms. The summed E-state index contributed by atoms with van der Waals surface area (Å²) in [6, 6.07) is 0.811. The van der Waals surface area contributed by atoms with Gasteiger partial charge in [-0.25, -0.2) is 0 Å². The van der Waals surface area contributed by atoms with Crippen LogP contribution in [0.3, 0.4) is 0 Å². The van der Waals surface area contributed by atoms with Crippen LogP contribution >= 0.6 is 0 Å². The number of rotatable bonds is 23. The number of hydrogen-bond donors (Lipinski definition) is 0. The van der Waals surface area contributed by atoms with Gasteiger partial charge in [-0.05, 0) is 52.6 Å². The highest BCUT2D eigenvalue weighted by atomic mass is 15.1. The molecule has 1 heteroatoms. The first-order chi connectivity index (χ1) is 14.2. The van der Waals surface area contributed by atoms with Gasteiger partial charge < -0.3 is 4.90 Å². The maximum absolute atomic E-state index is 2.47. The molecule has 0 aromatic carbocycles. The molecule has 0 saturated heterocycles. The van der Waals surface area contributed by atoms with E-state index < -0.39 is 0 Å². The molecule has 0 aliphatic rings. The van der Waals surface area contributed by atoms with Crippen molar-refractivity contribution in [2.45, 2.75) is 155 Å². The standard InChI is InChI=1S/C28H57N/c1-5-7-9-11-13-14-15-16-17-18-19-20-21-23-25-27-28(29(3)4)26-24-22-12-10-8-6-2/h16-17,28H,5-15,18-27H2,1-4H3. The summed E-state index contributed by atoms with van der Waals surface area (Å²) in [5.74, 6) is 0. The Labute approximate surface area is 186 Å². The molecular formula is C28H57N. The first kappa shape index (κ1) is 28.7. The quantitative estimate of drug-likeness (QED) is 0.120. The van der Waals surface area contributed by atoms with E-state index in [2.05, 4.69) is 45.0 Å². The highest BCUT2D eigenvalue weighted by Gasteiger charge is 2.10. The van der Waals surface area contributed by atoms with E-state index >= 15 is 0 Å². The SMILES string of the molecule is CCCCCCCCC=CCCCCCCCC(CCCCCCCC)N(C)C. The van der Waals surface area contributed by atoms with Gasteiger partial charge in [0.25, 0.3) is 0 Å². The summed E-state index contributed by atoms with van der Waals surface area (Å²) in [5, 5.41) is 0. The van der Waals surface area contributed by atoms with Crippen molar-refractivity contribution in [1.82, 2.24) is 4.90 Å². The summed E-state index contributed by atoms with van der Waals surface area (Å²) >= 11 is 0. The third-order valence-corrected chi connectivity index (χ3v) is 6.42. The summed E-state index contributed by atoms with van der Waals surface area (Å²) in [4.78, 5) is 2.47. The van der Waals surface area contributed by atoms with Gasteiger partial charge in [-0.3, -0.25) is 0 Å². The van der Waals surface area contributed by atoms with Crippen LogP contribution in [0.5, 0.6) is 0 Å². The van der Waals surface area contributed by atoms with Crippen LogP contribution in [-0.2, 0) is 0 Å². The lowest BCUT2D eigenvalue weighted by molar-refractivity contribution is 0.251. The highest BCUT2D eigenvalue weighted by Crippen LogP contribution is 2.17. The predicted octanol–water partition coefficient (Wildman–Crippen LogP) is 9.70. The van der Waals surface area contributed by atoms with E-state index in [0.29, 0.717) is 0 Å².